The molecule has 0 heterocycles. The highest BCUT2D eigenvalue weighted by Gasteiger charge is 2.38. The molecule has 1 fully saturated rings. The third-order valence-corrected chi connectivity index (χ3v) is 3.96. The van der Waals surface area contributed by atoms with Crippen LogP contribution in [-0.4, -0.2) is 47.9 Å². The average Bonchev–Trinajstić information content (AvgIpc) is 3.01. The van der Waals surface area contributed by atoms with E-state index in [2.05, 4.69) is 5.32 Å². The first-order valence-corrected chi connectivity index (χ1v) is 6.82. The molecule has 0 radical (unpaired) electrons. The molecule has 0 spiro atoms. The number of nitrogens with one attached hydrogen (secondary N) is 1. The molecule has 94 valence electrons. The number of thioether (sulfide) groups is 1. The Labute approximate surface area is 101 Å². The van der Waals surface area contributed by atoms with Crippen LogP contribution in [0.1, 0.15) is 26.2 Å². The minimum atomic E-state index is -0.779. The molecular weight excluding hydrogens is 226 g/mol. The predicted molar refractivity (Wildman–Crippen MR) is 66.0 cm³/mol. The quantitative estimate of drug-likeness (QED) is 0.602. The van der Waals surface area contributed by atoms with Gasteiger partial charge in [-0.3, -0.25) is 10.1 Å². The SMILES string of the molecule is COCCCSCC(C)(NC1CC1)C(=O)O. The summed E-state index contributed by atoms with van der Waals surface area (Å²) < 4.78 is 4.95. The zero-order valence-corrected chi connectivity index (χ0v) is 10.8. The summed E-state index contributed by atoms with van der Waals surface area (Å²) in [5, 5.41) is 12.4. The first-order valence-electron chi connectivity index (χ1n) is 5.66. The zero-order chi connectivity index (χ0) is 12.0. The number of hydrogen-bond acceptors (Lipinski definition) is 4. The molecule has 0 aromatic rings. The highest BCUT2D eigenvalue weighted by Crippen LogP contribution is 2.24. The lowest BCUT2D eigenvalue weighted by Gasteiger charge is -2.26. The summed E-state index contributed by atoms with van der Waals surface area (Å²) in [5.41, 5.74) is -0.779. The van der Waals surface area contributed by atoms with Gasteiger partial charge in [0.15, 0.2) is 0 Å². The van der Waals surface area contributed by atoms with Crippen LogP contribution in [0.5, 0.6) is 0 Å². The van der Waals surface area contributed by atoms with Crippen molar-refractivity contribution in [3.05, 3.63) is 0 Å². The van der Waals surface area contributed by atoms with E-state index in [1.807, 2.05) is 0 Å². The van der Waals surface area contributed by atoms with Crippen molar-refractivity contribution in [3.63, 3.8) is 0 Å². The van der Waals surface area contributed by atoms with Crippen molar-refractivity contribution >= 4 is 17.7 Å². The number of rotatable bonds is 9. The first kappa shape index (κ1) is 13.8. The Balaban J connectivity index is 2.23. The lowest BCUT2D eigenvalue weighted by molar-refractivity contribution is -0.143. The normalized spacial score (nSPS) is 19.4. The summed E-state index contributed by atoms with van der Waals surface area (Å²) in [6.07, 6.45) is 3.19. The van der Waals surface area contributed by atoms with E-state index in [9.17, 15) is 9.90 Å². The third kappa shape index (κ3) is 4.72. The molecule has 0 aromatic carbocycles. The Bertz CT molecular complexity index is 233. The van der Waals surface area contributed by atoms with E-state index in [4.69, 9.17) is 4.74 Å². The largest absolute Gasteiger partial charge is 0.480 e. The van der Waals surface area contributed by atoms with Crippen LogP contribution in [0.3, 0.4) is 0 Å². The van der Waals surface area contributed by atoms with E-state index in [0.717, 1.165) is 31.6 Å². The van der Waals surface area contributed by atoms with E-state index in [1.165, 1.54) is 0 Å². The van der Waals surface area contributed by atoms with Crippen LogP contribution in [0.2, 0.25) is 0 Å². The maximum Gasteiger partial charge on any atom is 0.324 e. The number of hydrogen-bond donors (Lipinski definition) is 2. The molecule has 0 bridgehead atoms. The fraction of sp³-hybridized carbons (Fsp3) is 0.909. The van der Waals surface area contributed by atoms with Gasteiger partial charge in [-0.1, -0.05) is 0 Å². The molecule has 1 unspecified atom stereocenters. The summed E-state index contributed by atoms with van der Waals surface area (Å²) in [6, 6.07) is 0.417. The van der Waals surface area contributed by atoms with Crippen molar-refractivity contribution in [1.82, 2.24) is 5.32 Å². The van der Waals surface area contributed by atoms with Crippen LogP contribution in [-0.2, 0) is 9.53 Å². The van der Waals surface area contributed by atoms with Gasteiger partial charge in [-0.2, -0.15) is 11.8 Å². The smallest absolute Gasteiger partial charge is 0.324 e. The highest BCUT2D eigenvalue weighted by molar-refractivity contribution is 7.99. The Kier molecular flexibility index (Phi) is 5.58. The van der Waals surface area contributed by atoms with E-state index in [-0.39, 0.29) is 0 Å². The molecule has 0 saturated heterocycles. The Morgan fingerprint density at radius 3 is 2.81 bits per heavy atom. The van der Waals surface area contributed by atoms with Crippen molar-refractivity contribution in [2.24, 2.45) is 0 Å². The third-order valence-electron chi connectivity index (χ3n) is 2.60. The summed E-state index contributed by atoms with van der Waals surface area (Å²) in [7, 11) is 1.68. The number of ether oxygens (including phenoxy) is 1. The van der Waals surface area contributed by atoms with Crippen molar-refractivity contribution < 1.29 is 14.6 Å². The number of aliphatic carboxylic acids is 1. The summed E-state index contributed by atoms with van der Waals surface area (Å²) >= 11 is 1.67. The molecule has 1 rings (SSSR count). The van der Waals surface area contributed by atoms with Gasteiger partial charge in [0.1, 0.15) is 5.54 Å². The van der Waals surface area contributed by atoms with Crippen LogP contribution >= 0.6 is 11.8 Å². The first-order chi connectivity index (χ1) is 7.58. The van der Waals surface area contributed by atoms with Gasteiger partial charge >= 0.3 is 5.97 Å². The second-order valence-electron chi connectivity index (χ2n) is 4.45. The molecule has 0 aliphatic heterocycles. The van der Waals surface area contributed by atoms with Gasteiger partial charge in [0.2, 0.25) is 0 Å². The van der Waals surface area contributed by atoms with E-state index < -0.39 is 11.5 Å². The van der Waals surface area contributed by atoms with Gasteiger partial charge in [-0.15, -0.1) is 0 Å². The zero-order valence-electron chi connectivity index (χ0n) is 9.99. The summed E-state index contributed by atoms with van der Waals surface area (Å²) in [4.78, 5) is 11.2. The molecule has 1 atom stereocenters. The number of methoxy groups -OCH3 is 1. The van der Waals surface area contributed by atoms with E-state index in [0.29, 0.717) is 11.8 Å². The van der Waals surface area contributed by atoms with Crippen molar-refractivity contribution in [2.75, 3.05) is 25.2 Å². The standard InChI is InChI=1S/C11H21NO3S/c1-11(10(13)14,12-9-4-5-9)8-16-7-3-6-15-2/h9,12H,3-8H2,1-2H3,(H,13,14). The second kappa shape index (κ2) is 6.47. The molecule has 5 heteroatoms. The van der Waals surface area contributed by atoms with Crippen LogP contribution in [0.4, 0.5) is 0 Å². The van der Waals surface area contributed by atoms with Crippen molar-refractivity contribution in [2.45, 2.75) is 37.8 Å². The van der Waals surface area contributed by atoms with Crippen LogP contribution in [0.15, 0.2) is 0 Å². The van der Waals surface area contributed by atoms with E-state index in [1.54, 1.807) is 25.8 Å². The minimum absolute atomic E-state index is 0.417. The molecule has 0 amide bonds. The van der Waals surface area contributed by atoms with Crippen LogP contribution in [0, 0.1) is 0 Å². The molecule has 2 N–H and O–H groups in total. The van der Waals surface area contributed by atoms with Gasteiger partial charge in [-0.05, 0) is 31.9 Å². The fourth-order valence-corrected chi connectivity index (χ4v) is 2.51. The summed E-state index contributed by atoms with van der Waals surface area (Å²) in [6.45, 7) is 2.52. The molecule has 16 heavy (non-hydrogen) atoms. The van der Waals surface area contributed by atoms with Crippen molar-refractivity contribution in [1.29, 1.82) is 0 Å². The Morgan fingerprint density at radius 1 is 1.62 bits per heavy atom. The monoisotopic (exact) mass is 247 g/mol. The van der Waals surface area contributed by atoms with Crippen molar-refractivity contribution in [3.8, 4) is 0 Å². The van der Waals surface area contributed by atoms with Gasteiger partial charge in [-0.25, -0.2) is 0 Å². The summed E-state index contributed by atoms with van der Waals surface area (Å²) in [5.74, 6) is 0.810. The fourth-order valence-electron chi connectivity index (χ4n) is 1.42. The molecule has 0 aromatic heterocycles. The lowest BCUT2D eigenvalue weighted by atomic mass is 10.1. The Morgan fingerprint density at radius 2 is 2.31 bits per heavy atom. The van der Waals surface area contributed by atoms with Gasteiger partial charge in [0, 0.05) is 25.5 Å². The van der Waals surface area contributed by atoms with Gasteiger partial charge in [0.05, 0.1) is 0 Å². The maximum absolute atomic E-state index is 11.2. The molecule has 1 aliphatic rings. The second-order valence-corrected chi connectivity index (χ2v) is 5.56. The van der Waals surface area contributed by atoms with Gasteiger partial charge in [0.25, 0.3) is 0 Å². The molecular formula is C11H21NO3S. The average molecular weight is 247 g/mol. The number of carboxylic acids is 1. The van der Waals surface area contributed by atoms with Gasteiger partial charge < -0.3 is 9.84 Å². The maximum atomic E-state index is 11.2. The molecule has 1 aliphatic carbocycles. The Hall–Kier alpha value is -0.260. The topological polar surface area (TPSA) is 58.6 Å². The molecule has 4 nitrogen and oxygen atoms in total. The number of carboxylic acid groups (broad SMARTS) is 1. The van der Waals surface area contributed by atoms with Crippen LogP contribution in [0.25, 0.3) is 0 Å². The predicted octanol–water partition coefficient (Wildman–Crippen LogP) is 1.35. The number of carbonyl (C=O) groups is 1. The molecule has 1 saturated carbocycles. The minimum Gasteiger partial charge on any atom is -0.480 e. The van der Waals surface area contributed by atoms with Crippen LogP contribution < -0.4 is 5.32 Å². The highest BCUT2D eigenvalue weighted by atomic mass is 32.2. The lowest BCUT2D eigenvalue weighted by Crippen LogP contribution is -2.52. The van der Waals surface area contributed by atoms with E-state index >= 15 is 0 Å².